The first kappa shape index (κ1) is 13.4. The van der Waals surface area contributed by atoms with Gasteiger partial charge in [-0.1, -0.05) is 12.5 Å². The summed E-state index contributed by atoms with van der Waals surface area (Å²) in [5.74, 6) is 0.963. The zero-order chi connectivity index (χ0) is 13.1. The van der Waals surface area contributed by atoms with Crippen molar-refractivity contribution in [1.82, 2.24) is 4.90 Å². The Morgan fingerprint density at radius 2 is 2.17 bits per heavy atom. The van der Waals surface area contributed by atoms with Crippen molar-refractivity contribution in [2.45, 2.75) is 44.8 Å². The minimum atomic E-state index is 0.0728. The molecule has 1 aliphatic rings. The van der Waals surface area contributed by atoms with E-state index < -0.39 is 0 Å². The van der Waals surface area contributed by atoms with E-state index in [1.165, 1.54) is 30.4 Å². The molecule has 0 bridgehead atoms. The summed E-state index contributed by atoms with van der Waals surface area (Å²) in [6, 6.07) is 7.08. The van der Waals surface area contributed by atoms with Crippen molar-refractivity contribution in [3.8, 4) is 5.75 Å². The molecule has 1 fully saturated rings. The first-order valence-corrected chi connectivity index (χ1v) is 6.74. The first-order valence-electron chi connectivity index (χ1n) is 6.74. The van der Waals surface area contributed by atoms with Gasteiger partial charge >= 0.3 is 0 Å². The fourth-order valence-corrected chi connectivity index (χ4v) is 2.43. The second-order valence-corrected chi connectivity index (χ2v) is 5.36. The van der Waals surface area contributed by atoms with Gasteiger partial charge in [-0.2, -0.15) is 0 Å². The Kier molecular flexibility index (Phi) is 4.25. The molecule has 0 spiro atoms. The first-order chi connectivity index (χ1) is 8.61. The van der Waals surface area contributed by atoms with Crippen molar-refractivity contribution >= 4 is 0 Å². The van der Waals surface area contributed by atoms with E-state index in [2.05, 4.69) is 24.1 Å². The molecule has 0 aromatic heterocycles. The van der Waals surface area contributed by atoms with Crippen LogP contribution in [-0.4, -0.2) is 25.1 Å². The molecular formula is C15H24N2O. The molecule has 2 N–H and O–H groups in total. The molecule has 1 unspecified atom stereocenters. The summed E-state index contributed by atoms with van der Waals surface area (Å²) in [7, 11) is 3.93. The highest BCUT2D eigenvalue weighted by atomic mass is 16.5. The van der Waals surface area contributed by atoms with Gasteiger partial charge in [0.1, 0.15) is 5.75 Å². The van der Waals surface area contributed by atoms with E-state index in [4.69, 9.17) is 10.5 Å². The summed E-state index contributed by atoms with van der Waals surface area (Å²) >= 11 is 0. The number of nitrogens with zero attached hydrogens (tertiary/aromatic N) is 1. The summed E-state index contributed by atoms with van der Waals surface area (Å²) in [6.07, 6.45) is 4.02. The van der Waals surface area contributed by atoms with Crippen molar-refractivity contribution in [2.24, 2.45) is 5.73 Å². The quantitative estimate of drug-likeness (QED) is 0.870. The second kappa shape index (κ2) is 5.72. The van der Waals surface area contributed by atoms with Gasteiger partial charge in [0.25, 0.3) is 0 Å². The van der Waals surface area contributed by atoms with E-state index in [0.717, 1.165) is 18.3 Å². The maximum Gasteiger partial charge on any atom is 0.123 e. The minimum absolute atomic E-state index is 0.0728. The molecule has 0 heterocycles. The average molecular weight is 248 g/mol. The Morgan fingerprint density at radius 3 is 2.67 bits per heavy atom. The van der Waals surface area contributed by atoms with Crippen LogP contribution in [0.4, 0.5) is 0 Å². The van der Waals surface area contributed by atoms with Crippen LogP contribution in [-0.2, 0) is 6.54 Å². The third-order valence-corrected chi connectivity index (χ3v) is 3.95. The van der Waals surface area contributed by atoms with Gasteiger partial charge in [0.2, 0.25) is 0 Å². The molecule has 1 aromatic carbocycles. The Bertz CT molecular complexity index is 399. The van der Waals surface area contributed by atoms with Crippen LogP contribution in [0.2, 0.25) is 0 Å². The molecule has 1 aliphatic carbocycles. The number of ether oxygens (including phenoxy) is 1. The Balaban J connectivity index is 2.15. The van der Waals surface area contributed by atoms with Crippen LogP contribution in [0.5, 0.6) is 5.75 Å². The van der Waals surface area contributed by atoms with Gasteiger partial charge in [-0.3, -0.25) is 4.90 Å². The Hall–Kier alpha value is -1.06. The van der Waals surface area contributed by atoms with Crippen molar-refractivity contribution < 1.29 is 4.74 Å². The van der Waals surface area contributed by atoms with E-state index in [-0.39, 0.29) is 6.04 Å². The van der Waals surface area contributed by atoms with Crippen LogP contribution in [0.3, 0.4) is 0 Å². The summed E-state index contributed by atoms with van der Waals surface area (Å²) in [5.41, 5.74) is 8.36. The summed E-state index contributed by atoms with van der Waals surface area (Å²) in [4.78, 5) is 2.42. The largest absolute Gasteiger partial charge is 0.496 e. The van der Waals surface area contributed by atoms with Crippen LogP contribution in [0.1, 0.15) is 43.4 Å². The van der Waals surface area contributed by atoms with Crippen LogP contribution < -0.4 is 10.5 Å². The van der Waals surface area contributed by atoms with Gasteiger partial charge in [0.15, 0.2) is 0 Å². The molecule has 1 saturated carbocycles. The molecule has 3 heteroatoms. The molecule has 0 aliphatic heterocycles. The molecule has 0 radical (unpaired) electrons. The lowest BCUT2D eigenvalue weighted by atomic mass is 9.91. The maximum absolute atomic E-state index is 5.95. The van der Waals surface area contributed by atoms with E-state index in [1.807, 2.05) is 13.0 Å². The van der Waals surface area contributed by atoms with Crippen LogP contribution >= 0.6 is 0 Å². The lowest BCUT2D eigenvalue weighted by molar-refractivity contribution is 0.151. The van der Waals surface area contributed by atoms with Gasteiger partial charge in [0, 0.05) is 24.2 Å². The smallest absolute Gasteiger partial charge is 0.123 e. The van der Waals surface area contributed by atoms with Gasteiger partial charge in [-0.25, -0.2) is 0 Å². The predicted octanol–water partition coefficient (Wildman–Crippen LogP) is 2.70. The standard InChI is InChI=1S/C15H24N2O/c1-11(16)12-7-8-15(18-3)13(9-12)10-17(2)14-5-4-6-14/h7-9,11,14H,4-6,10,16H2,1-3H3. The van der Waals surface area contributed by atoms with Gasteiger partial charge < -0.3 is 10.5 Å². The minimum Gasteiger partial charge on any atom is -0.496 e. The lowest BCUT2D eigenvalue weighted by Crippen LogP contribution is -2.36. The summed E-state index contributed by atoms with van der Waals surface area (Å²) < 4.78 is 5.44. The fraction of sp³-hybridized carbons (Fsp3) is 0.600. The third-order valence-electron chi connectivity index (χ3n) is 3.95. The molecule has 2 rings (SSSR count). The van der Waals surface area contributed by atoms with Gasteiger partial charge in [-0.15, -0.1) is 0 Å². The number of rotatable bonds is 5. The van der Waals surface area contributed by atoms with Crippen molar-refractivity contribution in [3.05, 3.63) is 29.3 Å². The highest BCUT2D eigenvalue weighted by Gasteiger charge is 2.22. The van der Waals surface area contributed by atoms with Crippen molar-refractivity contribution in [3.63, 3.8) is 0 Å². The molecule has 3 nitrogen and oxygen atoms in total. The SMILES string of the molecule is COc1ccc(C(C)N)cc1CN(C)C1CCC1. The highest BCUT2D eigenvalue weighted by Crippen LogP contribution is 2.28. The van der Waals surface area contributed by atoms with Crippen LogP contribution in [0.15, 0.2) is 18.2 Å². The Morgan fingerprint density at radius 1 is 1.44 bits per heavy atom. The molecule has 1 aromatic rings. The van der Waals surface area contributed by atoms with E-state index >= 15 is 0 Å². The highest BCUT2D eigenvalue weighted by molar-refractivity contribution is 5.38. The van der Waals surface area contributed by atoms with Crippen LogP contribution in [0, 0.1) is 0 Å². The van der Waals surface area contributed by atoms with E-state index in [1.54, 1.807) is 7.11 Å². The molecule has 0 saturated heterocycles. The maximum atomic E-state index is 5.95. The zero-order valence-corrected chi connectivity index (χ0v) is 11.6. The molecule has 1 atom stereocenters. The normalized spacial score (nSPS) is 17.6. The number of benzene rings is 1. The fourth-order valence-electron chi connectivity index (χ4n) is 2.43. The number of methoxy groups -OCH3 is 1. The van der Waals surface area contributed by atoms with Gasteiger partial charge in [0.05, 0.1) is 7.11 Å². The van der Waals surface area contributed by atoms with E-state index in [0.29, 0.717) is 0 Å². The van der Waals surface area contributed by atoms with Crippen molar-refractivity contribution in [2.75, 3.05) is 14.2 Å². The summed E-state index contributed by atoms with van der Waals surface area (Å²) in [5, 5.41) is 0. The molecule has 0 amide bonds. The van der Waals surface area contributed by atoms with Crippen LogP contribution in [0.25, 0.3) is 0 Å². The molecule has 18 heavy (non-hydrogen) atoms. The summed E-state index contributed by atoms with van der Waals surface area (Å²) in [6.45, 7) is 2.95. The number of nitrogens with two attached hydrogens (primary N) is 1. The number of hydrogen-bond donors (Lipinski definition) is 1. The molecular weight excluding hydrogens is 224 g/mol. The predicted molar refractivity (Wildman–Crippen MR) is 74.7 cm³/mol. The Labute approximate surface area is 110 Å². The lowest BCUT2D eigenvalue weighted by Gasteiger charge is -2.35. The second-order valence-electron chi connectivity index (χ2n) is 5.36. The number of hydrogen-bond acceptors (Lipinski definition) is 3. The van der Waals surface area contributed by atoms with Crippen molar-refractivity contribution in [1.29, 1.82) is 0 Å². The monoisotopic (exact) mass is 248 g/mol. The zero-order valence-electron chi connectivity index (χ0n) is 11.6. The third kappa shape index (κ3) is 2.85. The average Bonchev–Trinajstić information content (AvgIpc) is 2.26. The van der Waals surface area contributed by atoms with E-state index in [9.17, 15) is 0 Å². The molecule has 100 valence electrons. The van der Waals surface area contributed by atoms with Gasteiger partial charge in [-0.05, 0) is 44.5 Å². The topological polar surface area (TPSA) is 38.5 Å².